The van der Waals surface area contributed by atoms with Crippen LogP contribution in [0.5, 0.6) is 0 Å². The van der Waals surface area contributed by atoms with E-state index in [0.29, 0.717) is 11.8 Å². The Morgan fingerprint density at radius 3 is 2.52 bits per heavy atom. The van der Waals surface area contributed by atoms with Crippen LogP contribution in [-0.4, -0.2) is 14.4 Å². The Hall–Kier alpha value is -2.94. The molecule has 1 aliphatic carbocycles. The second-order valence-corrected chi connectivity index (χ2v) is 6.87. The maximum atomic E-state index is 5.06. The van der Waals surface area contributed by atoms with Crippen molar-refractivity contribution in [3.8, 4) is 0 Å². The number of nitrogens with zero attached hydrogens (tertiary/aromatic N) is 3. The van der Waals surface area contributed by atoms with Crippen molar-refractivity contribution in [1.29, 1.82) is 0 Å². The van der Waals surface area contributed by atoms with Gasteiger partial charge in [0.05, 0.1) is 16.6 Å². The zero-order valence-electron chi connectivity index (χ0n) is 14.3. The summed E-state index contributed by atoms with van der Waals surface area (Å²) in [4.78, 5) is 9.98. The van der Waals surface area contributed by atoms with Crippen LogP contribution in [0.2, 0.25) is 0 Å². The maximum Gasteiger partial charge on any atom is 0.149 e. The molecule has 0 fully saturated rings. The van der Waals surface area contributed by atoms with Crippen LogP contribution in [-0.2, 0) is 0 Å². The first-order valence-electron chi connectivity index (χ1n) is 8.79. The monoisotopic (exact) mass is 325 g/mol. The Balaban J connectivity index is 1.97. The molecule has 3 nitrogen and oxygen atoms in total. The van der Waals surface area contributed by atoms with Gasteiger partial charge in [0.2, 0.25) is 0 Å². The summed E-state index contributed by atoms with van der Waals surface area (Å²) in [5.74, 6) is 1.92. The number of aromatic nitrogens is 3. The first-order chi connectivity index (χ1) is 12.2. The molecule has 1 aliphatic rings. The second kappa shape index (κ2) is 5.28. The average molecular weight is 325 g/mol. The molecule has 0 radical (unpaired) electrons. The predicted octanol–water partition coefficient (Wildman–Crippen LogP) is 5.26. The maximum absolute atomic E-state index is 5.06. The van der Waals surface area contributed by atoms with Crippen molar-refractivity contribution in [2.45, 2.75) is 13.8 Å². The van der Waals surface area contributed by atoms with Crippen molar-refractivity contribution in [2.24, 2.45) is 11.8 Å². The van der Waals surface area contributed by atoms with Crippen LogP contribution in [0.3, 0.4) is 0 Å². The van der Waals surface area contributed by atoms with E-state index in [1.165, 1.54) is 5.57 Å². The zero-order chi connectivity index (χ0) is 17.0. The lowest BCUT2D eigenvalue weighted by atomic mass is 9.84. The van der Waals surface area contributed by atoms with Crippen LogP contribution in [0, 0.1) is 11.8 Å². The van der Waals surface area contributed by atoms with Crippen LogP contribution in [0.1, 0.15) is 19.7 Å². The van der Waals surface area contributed by atoms with Gasteiger partial charge in [-0.1, -0.05) is 56.3 Å². The van der Waals surface area contributed by atoms with E-state index in [1.807, 2.05) is 12.1 Å². The summed E-state index contributed by atoms with van der Waals surface area (Å²) < 4.78 is 2.23. The van der Waals surface area contributed by atoms with Gasteiger partial charge in [0.25, 0.3) is 0 Å². The summed E-state index contributed by atoms with van der Waals surface area (Å²) in [5, 5.41) is 1.09. The first-order valence-corrected chi connectivity index (χ1v) is 8.79. The molecule has 2 aromatic heterocycles. The smallest absolute Gasteiger partial charge is 0.149 e. The third kappa shape index (κ3) is 2.05. The van der Waals surface area contributed by atoms with Gasteiger partial charge in [0.1, 0.15) is 11.5 Å². The fraction of sp³-hybridized carbons (Fsp3) is 0.182. The van der Waals surface area contributed by atoms with Crippen LogP contribution < -0.4 is 0 Å². The Labute approximate surface area is 146 Å². The molecule has 0 saturated heterocycles. The molecule has 0 amide bonds. The third-order valence-corrected chi connectivity index (χ3v) is 5.37. The zero-order valence-corrected chi connectivity index (χ0v) is 14.3. The minimum atomic E-state index is 0.419. The molecule has 5 rings (SSSR count). The molecule has 2 aromatic carbocycles. The number of para-hydroxylation sites is 3. The highest BCUT2D eigenvalue weighted by atomic mass is 15.1. The largest absolute Gasteiger partial charge is 0.276 e. The molecule has 2 atom stereocenters. The minimum Gasteiger partial charge on any atom is -0.276 e. The Morgan fingerprint density at radius 1 is 0.880 bits per heavy atom. The Bertz CT molecular complexity index is 1180. The van der Waals surface area contributed by atoms with Crippen molar-refractivity contribution < 1.29 is 0 Å². The molecule has 0 N–H and O–H groups in total. The van der Waals surface area contributed by atoms with Gasteiger partial charge in [-0.25, -0.2) is 9.97 Å². The van der Waals surface area contributed by atoms with Crippen molar-refractivity contribution in [2.75, 3.05) is 0 Å². The van der Waals surface area contributed by atoms with E-state index >= 15 is 0 Å². The molecular weight excluding hydrogens is 306 g/mol. The lowest BCUT2D eigenvalue weighted by molar-refractivity contribution is 0.564. The first kappa shape index (κ1) is 14.4. The topological polar surface area (TPSA) is 30.2 Å². The lowest BCUT2D eigenvalue weighted by Crippen LogP contribution is -2.14. The van der Waals surface area contributed by atoms with Crippen molar-refractivity contribution in [3.05, 3.63) is 72.6 Å². The van der Waals surface area contributed by atoms with Crippen molar-refractivity contribution in [1.82, 2.24) is 14.4 Å². The summed E-state index contributed by atoms with van der Waals surface area (Å²) in [6, 6.07) is 16.6. The molecule has 0 saturated carbocycles. The number of rotatable bonds is 1. The normalized spacial score (nSPS) is 20.5. The number of imidazole rings is 1. The predicted molar refractivity (Wildman–Crippen MR) is 103 cm³/mol. The highest BCUT2D eigenvalue weighted by Gasteiger charge is 2.23. The van der Waals surface area contributed by atoms with Gasteiger partial charge in [0.15, 0.2) is 0 Å². The highest BCUT2D eigenvalue weighted by molar-refractivity contribution is 5.97. The molecule has 1 unspecified atom stereocenters. The molecule has 0 bridgehead atoms. The van der Waals surface area contributed by atoms with E-state index in [2.05, 4.69) is 72.9 Å². The molecular formula is C22H19N3. The lowest BCUT2D eigenvalue weighted by Gasteiger charge is -2.24. The van der Waals surface area contributed by atoms with E-state index in [1.54, 1.807) is 0 Å². The molecule has 0 spiro atoms. The van der Waals surface area contributed by atoms with Crippen LogP contribution in [0.15, 0.2) is 66.8 Å². The summed E-state index contributed by atoms with van der Waals surface area (Å²) in [5.41, 5.74) is 5.37. The highest BCUT2D eigenvalue weighted by Crippen LogP contribution is 2.35. The van der Waals surface area contributed by atoms with E-state index in [-0.39, 0.29) is 0 Å². The summed E-state index contributed by atoms with van der Waals surface area (Å²) in [6.45, 7) is 4.54. The standard InChI is InChI=1S/C22H19N3/c1-14-8-7-10-16(15(14)2)21-23-18-11-4-3-9-17(18)22-24-19-12-5-6-13-20(19)25(21)22/h3-15H,1-2H3/t14-,15?/m0/s1. The molecule has 122 valence electrons. The summed E-state index contributed by atoms with van der Waals surface area (Å²) in [6.07, 6.45) is 6.62. The van der Waals surface area contributed by atoms with E-state index in [0.717, 1.165) is 33.4 Å². The number of allylic oxidation sites excluding steroid dienone is 4. The number of fused-ring (bicyclic) bond motifs is 5. The van der Waals surface area contributed by atoms with Gasteiger partial charge in [-0.3, -0.25) is 4.40 Å². The van der Waals surface area contributed by atoms with Crippen molar-refractivity contribution in [3.63, 3.8) is 0 Å². The van der Waals surface area contributed by atoms with Crippen LogP contribution in [0.4, 0.5) is 0 Å². The van der Waals surface area contributed by atoms with E-state index in [9.17, 15) is 0 Å². The number of benzene rings is 2. The van der Waals surface area contributed by atoms with Gasteiger partial charge in [0, 0.05) is 5.39 Å². The third-order valence-electron chi connectivity index (χ3n) is 5.37. The second-order valence-electron chi connectivity index (χ2n) is 6.87. The molecule has 3 heteroatoms. The SMILES string of the molecule is CC1C(c2nc3ccccc3c3nc4ccccc4n23)=CC=C[C@@H]1C. The number of hydrogen-bond donors (Lipinski definition) is 0. The fourth-order valence-corrected chi connectivity index (χ4v) is 3.75. The quantitative estimate of drug-likeness (QED) is 0.478. The Morgan fingerprint density at radius 2 is 1.64 bits per heavy atom. The Kier molecular flexibility index (Phi) is 3.04. The fourth-order valence-electron chi connectivity index (χ4n) is 3.75. The van der Waals surface area contributed by atoms with Gasteiger partial charge in [-0.15, -0.1) is 0 Å². The van der Waals surface area contributed by atoms with Crippen LogP contribution >= 0.6 is 0 Å². The molecule has 0 aliphatic heterocycles. The van der Waals surface area contributed by atoms with Gasteiger partial charge < -0.3 is 0 Å². The average Bonchev–Trinajstić information content (AvgIpc) is 3.03. The van der Waals surface area contributed by atoms with Crippen molar-refractivity contribution >= 4 is 33.2 Å². The minimum absolute atomic E-state index is 0.419. The van der Waals surface area contributed by atoms with E-state index in [4.69, 9.17) is 9.97 Å². The molecule has 2 heterocycles. The summed E-state index contributed by atoms with van der Waals surface area (Å²) in [7, 11) is 0. The van der Waals surface area contributed by atoms with Gasteiger partial charge in [-0.05, 0) is 41.7 Å². The van der Waals surface area contributed by atoms with E-state index < -0.39 is 0 Å². The molecule has 25 heavy (non-hydrogen) atoms. The molecule has 4 aromatic rings. The summed E-state index contributed by atoms with van der Waals surface area (Å²) >= 11 is 0. The van der Waals surface area contributed by atoms with Gasteiger partial charge in [-0.2, -0.15) is 0 Å². The number of hydrogen-bond acceptors (Lipinski definition) is 2. The van der Waals surface area contributed by atoms with Crippen LogP contribution in [0.25, 0.3) is 33.2 Å². The van der Waals surface area contributed by atoms with Gasteiger partial charge >= 0.3 is 0 Å².